The Balaban J connectivity index is 2.93. The maximum atomic E-state index is 11.8. The molecule has 0 fully saturated rings. The number of benzene rings is 1. The first kappa shape index (κ1) is 13.3. The van der Waals surface area contributed by atoms with E-state index in [1.165, 1.54) is 12.1 Å². The van der Waals surface area contributed by atoms with Crippen molar-refractivity contribution in [3.63, 3.8) is 0 Å². The molecule has 0 aliphatic rings. The van der Waals surface area contributed by atoms with Crippen molar-refractivity contribution in [3.8, 4) is 0 Å². The highest BCUT2D eigenvalue weighted by molar-refractivity contribution is 7.92. The second kappa shape index (κ2) is 5.05. The van der Waals surface area contributed by atoms with Crippen LogP contribution in [0.4, 0.5) is 0 Å². The Hall–Kier alpha value is -1.76. The first-order chi connectivity index (χ1) is 7.86. The lowest BCUT2D eigenvalue weighted by Crippen LogP contribution is -2.28. The first-order valence-electron chi connectivity index (χ1n) is 4.76. The molecule has 0 heterocycles. The van der Waals surface area contributed by atoms with E-state index in [9.17, 15) is 18.1 Å². The summed E-state index contributed by atoms with van der Waals surface area (Å²) in [5.41, 5.74) is 0.918. The number of carbonyl (C=O) groups excluding carboxylic acids is 1. The number of nitroso groups, excluding NO2 is 1. The second-order valence-electron chi connectivity index (χ2n) is 3.57. The lowest BCUT2D eigenvalue weighted by molar-refractivity contribution is -0.127. The van der Waals surface area contributed by atoms with E-state index in [0.717, 1.165) is 12.6 Å². The van der Waals surface area contributed by atoms with Gasteiger partial charge in [-0.15, -0.1) is 4.91 Å². The summed E-state index contributed by atoms with van der Waals surface area (Å²) in [5, 5.41) is 2.81. The van der Waals surface area contributed by atoms with Crippen molar-refractivity contribution >= 4 is 15.7 Å². The van der Waals surface area contributed by atoms with Crippen LogP contribution < -0.4 is 0 Å². The zero-order valence-corrected chi connectivity index (χ0v) is 10.3. The molecule has 0 saturated carbocycles. The molecule has 0 N–H and O–H groups in total. The van der Waals surface area contributed by atoms with Gasteiger partial charge in [-0.05, 0) is 19.1 Å². The van der Waals surface area contributed by atoms with Gasteiger partial charge in [0.25, 0.3) is 5.91 Å². The minimum absolute atomic E-state index is 0.0516. The monoisotopic (exact) mass is 256 g/mol. The van der Waals surface area contributed by atoms with Crippen molar-refractivity contribution in [2.45, 2.75) is 11.8 Å². The summed E-state index contributed by atoms with van der Waals surface area (Å²) in [5.74, 6) is -1.63. The smallest absolute Gasteiger partial charge is 0.260 e. The second-order valence-corrected chi connectivity index (χ2v) is 5.56. The van der Waals surface area contributed by atoms with Crippen molar-refractivity contribution in [2.75, 3.05) is 12.8 Å². The van der Waals surface area contributed by atoms with Crippen LogP contribution in [0.2, 0.25) is 0 Å². The quantitative estimate of drug-likeness (QED) is 0.592. The molecule has 0 spiro atoms. The molecule has 0 aliphatic carbocycles. The Kier molecular flexibility index (Phi) is 3.95. The molecule has 6 nitrogen and oxygen atoms in total. The van der Waals surface area contributed by atoms with Crippen molar-refractivity contribution in [3.05, 3.63) is 34.7 Å². The van der Waals surface area contributed by atoms with Crippen molar-refractivity contribution in [1.29, 1.82) is 0 Å². The highest BCUT2D eigenvalue weighted by Crippen LogP contribution is 2.12. The number of aryl methyl sites for hydroxylation is 1. The number of hydrogen-bond acceptors (Lipinski definition) is 5. The standard InChI is InChI=1S/C10H12N2O4S/c1-8-3-5-9(6-4-8)17(15,16)7-10(13)12(2)11-14/h3-6H,7H2,1-2H3. The van der Waals surface area contributed by atoms with E-state index in [0.29, 0.717) is 5.01 Å². The molecule has 1 rings (SSSR count). The van der Waals surface area contributed by atoms with Gasteiger partial charge in [0.2, 0.25) is 0 Å². The lowest BCUT2D eigenvalue weighted by atomic mass is 10.2. The predicted octanol–water partition coefficient (Wildman–Crippen LogP) is 0.909. The highest BCUT2D eigenvalue weighted by Gasteiger charge is 2.22. The van der Waals surface area contributed by atoms with Crippen molar-refractivity contribution in [2.24, 2.45) is 5.29 Å². The van der Waals surface area contributed by atoms with E-state index in [1.807, 2.05) is 6.92 Å². The van der Waals surface area contributed by atoms with Gasteiger partial charge in [-0.1, -0.05) is 17.7 Å². The summed E-state index contributed by atoms with van der Waals surface area (Å²) in [6, 6.07) is 6.12. The van der Waals surface area contributed by atoms with E-state index in [1.54, 1.807) is 12.1 Å². The zero-order chi connectivity index (χ0) is 13.1. The molecule has 0 aliphatic heterocycles. The van der Waals surface area contributed by atoms with Crippen LogP contribution in [-0.2, 0) is 14.6 Å². The minimum Gasteiger partial charge on any atom is -0.272 e. The third-order valence-corrected chi connectivity index (χ3v) is 3.79. The molecule has 7 heteroatoms. The van der Waals surface area contributed by atoms with E-state index < -0.39 is 21.5 Å². The van der Waals surface area contributed by atoms with Crippen LogP contribution >= 0.6 is 0 Å². The third kappa shape index (κ3) is 3.35. The van der Waals surface area contributed by atoms with Crippen molar-refractivity contribution < 1.29 is 13.2 Å². The summed E-state index contributed by atoms with van der Waals surface area (Å²) >= 11 is 0. The number of carbonyl (C=O) groups is 1. The molecule has 92 valence electrons. The molecular formula is C10H12N2O4S. The summed E-state index contributed by atoms with van der Waals surface area (Å²) in [6.45, 7) is 1.83. The van der Waals surface area contributed by atoms with Gasteiger partial charge in [0, 0.05) is 7.05 Å². The Morgan fingerprint density at radius 2 is 1.82 bits per heavy atom. The van der Waals surface area contributed by atoms with Gasteiger partial charge >= 0.3 is 0 Å². The van der Waals surface area contributed by atoms with Gasteiger partial charge in [0.15, 0.2) is 9.84 Å². The van der Waals surface area contributed by atoms with Crippen LogP contribution in [0.1, 0.15) is 5.56 Å². The fraction of sp³-hybridized carbons (Fsp3) is 0.300. The maximum absolute atomic E-state index is 11.8. The SMILES string of the molecule is Cc1ccc(S(=O)(=O)CC(=O)N(C)N=O)cc1. The van der Waals surface area contributed by atoms with E-state index in [-0.39, 0.29) is 4.90 Å². The van der Waals surface area contributed by atoms with Crippen LogP contribution in [0.15, 0.2) is 34.4 Å². The normalized spacial score (nSPS) is 10.9. The molecule has 0 unspecified atom stereocenters. The molecule has 1 aromatic rings. The number of sulfone groups is 1. The molecule has 0 aromatic heterocycles. The van der Waals surface area contributed by atoms with Crippen LogP contribution in [0.5, 0.6) is 0 Å². The number of rotatable bonds is 4. The van der Waals surface area contributed by atoms with Gasteiger partial charge in [0.05, 0.1) is 10.2 Å². The van der Waals surface area contributed by atoms with Crippen LogP contribution in [0.25, 0.3) is 0 Å². The summed E-state index contributed by atoms with van der Waals surface area (Å²) in [4.78, 5) is 21.4. The largest absolute Gasteiger partial charge is 0.272 e. The Bertz CT molecular complexity index is 522. The molecule has 0 radical (unpaired) electrons. The van der Waals surface area contributed by atoms with Crippen LogP contribution in [-0.4, -0.2) is 32.1 Å². The number of hydrogen-bond donors (Lipinski definition) is 0. The fourth-order valence-electron chi connectivity index (χ4n) is 1.13. The lowest BCUT2D eigenvalue weighted by Gasteiger charge is -2.07. The van der Waals surface area contributed by atoms with Gasteiger partial charge in [-0.2, -0.15) is 5.01 Å². The molecule has 1 aromatic carbocycles. The van der Waals surface area contributed by atoms with Gasteiger partial charge < -0.3 is 0 Å². The van der Waals surface area contributed by atoms with E-state index in [2.05, 4.69) is 5.29 Å². The highest BCUT2D eigenvalue weighted by atomic mass is 32.2. The topological polar surface area (TPSA) is 83.9 Å². The molecule has 0 bridgehead atoms. The first-order valence-corrected chi connectivity index (χ1v) is 6.41. The third-order valence-electron chi connectivity index (χ3n) is 2.18. The van der Waals surface area contributed by atoms with Crippen LogP contribution in [0, 0.1) is 11.8 Å². The molecule has 0 saturated heterocycles. The molecule has 1 amide bonds. The molecule has 17 heavy (non-hydrogen) atoms. The van der Waals surface area contributed by atoms with E-state index in [4.69, 9.17) is 0 Å². The van der Waals surface area contributed by atoms with Gasteiger partial charge in [-0.25, -0.2) is 8.42 Å². The Morgan fingerprint density at radius 1 is 1.29 bits per heavy atom. The molecular weight excluding hydrogens is 244 g/mol. The minimum atomic E-state index is -3.72. The summed E-state index contributed by atoms with van der Waals surface area (Å²) in [6.07, 6.45) is 0. The van der Waals surface area contributed by atoms with E-state index >= 15 is 0 Å². The summed E-state index contributed by atoms with van der Waals surface area (Å²) < 4.78 is 23.6. The number of nitrogens with zero attached hydrogens (tertiary/aromatic N) is 2. The predicted molar refractivity (Wildman–Crippen MR) is 61.8 cm³/mol. The van der Waals surface area contributed by atoms with Crippen molar-refractivity contribution in [1.82, 2.24) is 5.01 Å². The van der Waals surface area contributed by atoms with Gasteiger partial charge in [0.1, 0.15) is 5.75 Å². The summed E-state index contributed by atoms with van der Waals surface area (Å²) in [7, 11) is -2.61. The Morgan fingerprint density at radius 3 is 2.29 bits per heavy atom. The molecule has 0 atom stereocenters. The average Bonchev–Trinajstić information content (AvgIpc) is 2.27. The fourth-order valence-corrected chi connectivity index (χ4v) is 2.36. The van der Waals surface area contributed by atoms with Crippen LogP contribution in [0.3, 0.4) is 0 Å². The Labute approximate surface area is 99.1 Å². The maximum Gasteiger partial charge on any atom is 0.260 e. The zero-order valence-electron chi connectivity index (χ0n) is 9.45. The number of amides is 1. The van der Waals surface area contributed by atoms with Gasteiger partial charge in [-0.3, -0.25) is 4.79 Å². The average molecular weight is 256 g/mol.